The molecule has 0 heterocycles. The molecule has 0 saturated carbocycles. The van der Waals surface area contributed by atoms with Gasteiger partial charge in [-0.1, -0.05) is 30.7 Å². The summed E-state index contributed by atoms with van der Waals surface area (Å²) in [6.45, 7) is 3.47. The summed E-state index contributed by atoms with van der Waals surface area (Å²) in [6.07, 6.45) is 1.03. The SMILES string of the molecule is CCc1ccc(OCCOc2ccc(Cl)cc2CN)cc1. The minimum Gasteiger partial charge on any atom is -0.490 e. The Balaban J connectivity index is 1.81. The topological polar surface area (TPSA) is 44.5 Å². The molecule has 0 aliphatic heterocycles. The third-order valence-electron chi connectivity index (χ3n) is 3.18. The van der Waals surface area contributed by atoms with Crippen LogP contribution in [0.5, 0.6) is 11.5 Å². The zero-order valence-electron chi connectivity index (χ0n) is 12.1. The van der Waals surface area contributed by atoms with Crippen molar-refractivity contribution < 1.29 is 9.47 Å². The molecule has 0 radical (unpaired) electrons. The van der Waals surface area contributed by atoms with Gasteiger partial charge < -0.3 is 15.2 Å². The fraction of sp³-hybridized carbons (Fsp3) is 0.294. The Labute approximate surface area is 130 Å². The molecule has 0 aromatic heterocycles. The number of benzene rings is 2. The molecule has 0 spiro atoms. The Kier molecular flexibility index (Phi) is 5.90. The van der Waals surface area contributed by atoms with Gasteiger partial charge in [-0.25, -0.2) is 0 Å². The van der Waals surface area contributed by atoms with Crippen LogP contribution in [0.25, 0.3) is 0 Å². The lowest BCUT2D eigenvalue weighted by molar-refractivity contribution is 0.216. The highest BCUT2D eigenvalue weighted by Crippen LogP contribution is 2.22. The van der Waals surface area contributed by atoms with Crippen molar-refractivity contribution in [1.82, 2.24) is 0 Å². The number of aryl methyl sites for hydroxylation is 1. The largest absolute Gasteiger partial charge is 0.490 e. The molecule has 0 unspecified atom stereocenters. The van der Waals surface area contributed by atoms with Crippen LogP contribution in [0.4, 0.5) is 0 Å². The van der Waals surface area contributed by atoms with Crippen molar-refractivity contribution in [1.29, 1.82) is 0 Å². The average Bonchev–Trinajstić information content (AvgIpc) is 2.53. The van der Waals surface area contributed by atoms with Crippen molar-refractivity contribution in [3.8, 4) is 11.5 Å². The molecule has 0 atom stereocenters. The van der Waals surface area contributed by atoms with Gasteiger partial charge in [-0.2, -0.15) is 0 Å². The molecule has 4 heteroatoms. The Morgan fingerprint density at radius 2 is 1.71 bits per heavy atom. The molecule has 112 valence electrons. The number of hydrogen-bond acceptors (Lipinski definition) is 3. The maximum Gasteiger partial charge on any atom is 0.124 e. The Hall–Kier alpha value is -1.71. The molecular weight excluding hydrogens is 286 g/mol. The quantitative estimate of drug-likeness (QED) is 0.791. The van der Waals surface area contributed by atoms with Crippen LogP contribution in [0.2, 0.25) is 5.02 Å². The van der Waals surface area contributed by atoms with E-state index in [9.17, 15) is 0 Å². The molecule has 0 bridgehead atoms. The van der Waals surface area contributed by atoms with Crippen molar-refractivity contribution in [2.45, 2.75) is 19.9 Å². The fourth-order valence-corrected chi connectivity index (χ4v) is 2.18. The second kappa shape index (κ2) is 7.91. The molecule has 0 fully saturated rings. The van der Waals surface area contributed by atoms with Crippen LogP contribution in [-0.4, -0.2) is 13.2 Å². The van der Waals surface area contributed by atoms with Gasteiger partial charge in [0, 0.05) is 17.1 Å². The van der Waals surface area contributed by atoms with Gasteiger partial charge in [-0.3, -0.25) is 0 Å². The number of halogens is 1. The van der Waals surface area contributed by atoms with E-state index in [1.54, 1.807) is 6.07 Å². The third kappa shape index (κ3) is 4.66. The fourth-order valence-electron chi connectivity index (χ4n) is 1.98. The van der Waals surface area contributed by atoms with Crippen molar-refractivity contribution in [3.05, 3.63) is 58.6 Å². The lowest BCUT2D eigenvalue weighted by Crippen LogP contribution is -2.11. The van der Waals surface area contributed by atoms with Crippen LogP contribution >= 0.6 is 11.6 Å². The molecule has 0 aliphatic carbocycles. The number of nitrogens with two attached hydrogens (primary N) is 1. The number of rotatable bonds is 7. The van der Waals surface area contributed by atoms with Gasteiger partial charge >= 0.3 is 0 Å². The van der Waals surface area contributed by atoms with Crippen molar-refractivity contribution in [2.75, 3.05) is 13.2 Å². The third-order valence-corrected chi connectivity index (χ3v) is 3.42. The highest BCUT2D eigenvalue weighted by Gasteiger charge is 2.03. The minimum absolute atomic E-state index is 0.398. The smallest absolute Gasteiger partial charge is 0.124 e. The molecule has 2 rings (SSSR count). The van der Waals surface area contributed by atoms with Crippen LogP contribution in [-0.2, 0) is 13.0 Å². The predicted octanol–water partition coefficient (Wildman–Crippen LogP) is 3.82. The molecular formula is C17H20ClNO2. The van der Waals surface area contributed by atoms with Crippen molar-refractivity contribution in [3.63, 3.8) is 0 Å². The average molecular weight is 306 g/mol. The second-order valence-electron chi connectivity index (χ2n) is 4.65. The van der Waals surface area contributed by atoms with Gasteiger partial charge in [0.05, 0.1) is 0 Å². The minimum atomic E-state index is 0.398. The van der Waals surface area contributed by atoms with Gasteiger partial charge in [0.25, 0.3) is 0 Å². The van der Waals surface area contributed by atoms with E-state index < -0.39 is 0 Å². The van der Waals surface area contributed by atoms with Crippen LogP contribution in [0.1, 0.15) is 18.1 Å². The maximum atomic E-state index is 5.93. The molecule has 21 heavy (non-hydrogen) atoms. The predicted molar refractivity (Wildman–Crippen MR) is 86.2 cm³/mol. The first-order chi connectivity index (χ1) is 10.2. The van der Waals surface area contributed by atoms with E-state index in [-0.39, 0.29) is 0 Å². The first-order valence-corrected chi connectivity index (χ1v) is 7.43. The maximum absolute atomic E-state index is 5.93. The standard InChI is InChI=1S/C17H20ClNO2/c1-2-13-3-6-16(7-4-13)20-9-10-21-17-8-5-15(18)11-14(17)12-19/h3-8,11H,2,9-10,12,19H2,1H3. The van der Waals surface area contributed by atoms with Crippen LogP contribution in [0.3, 0.4) is 0 Å². The van der Waals surface area contributed by atoms with Gasteiger partial charge in [0.2, 0.25) is 0 Å². The normalized spacial score (nSPS) is 10.4. The molecule has 2 N–H and O–H groups in total. The van der Waals surface area contributed by atoms with E-state index in [0.717, 1.165) is 23.5 Å². The molecule has 0 aliphatic rings. The summed E-state index contributed by atoms with van der Waals surface area (Å²) < 4.78 is 11.3. The summed E-state index contributed by atoms with van der Waals surface area (Å²) in [7, 11) is 0. The van der Waals surface area contributed by atoms with E-state index in [4.69, 9.17) is 26.8 Å². The van der Waals surface area contributed by atoms with Gasteiger partial charge in [-0.05, 0) is 42.3 Å². The second-order valence-corrected chi connectivity index (χ2v) is 5.09. The zero-order chi connectivity index (χ0) is 15.1. The monoisotopic (exact) mass is 305 g/mol. The molecule has 0 amide bonds. The Morgan fingerprint density at radius 3 is 2.38 bits per heavy atom. The lowest BCUT2D eigenvalue weighted by Gasteiger charge is -2.11. The molecule has 2 aromatic carbocycles. The Morgan fingerprint density at radius 1 is 1.00 bits per heavy atom. The zero-order valence-corrected chi connectivity index (χ0v) is 12.9. The first kappa shape index (κ1) is 15.7. The number of hydrogen-bond donors (Lipinski definition) is 1. The summed E-state index contributed by atoms with van der Waals surface area (Å²) >= 11 is 5.93. The Bertz CT molecular complexity index is 570. The van der Waals surface area contributed by atoms with Crippen LogP contribution < -0.4 is 15.2 Å². The summed E-state index contributed by atoms with van der Waals surface area (Å²) in [4.78, 5) is 0. The van der Waals surface area contributed by atoms with Gasteiger partial charge in [-0.15, -0.1) is 0 Å². The van der Waals surface area contributed by atoms with Crippen molar-refractivity contribution in [2.24, 2.45) is 5.73 Å². The highest BCUT2D eigenvalue weighted by molar-refractivity contribution is 6.30. The summed E-state index contributed by atoms with van der Waals surface area (Å²) in [5.74, 6) is 1.61. The highest BCUT2D eigenvalue weighted by atomic mass is 35.5. The summed E-state index contributed by atoms with van der Waals surface area (Å²) in [6, 6.07) is 13.5. The molecule has 0 saturated heterocycles. The van der Waals surface area contributed by atoms with Crippen LogP contribution in [0.15, 0.2) is 42.5 Å². The summed E-state index contributed by atoms with van der Waals surface area (Å²) in [5.41, 5.74) is 7.87. The van der Waals surface area contributed by atoms with Crippen LogP contribution in [0, 0.1) is 0 Å². The molecule has 2 aromatic rings. The van der Waals surface area contributed by atoms with E-state index >= 15 is 0 Å². The van der Waals surface area contributed by atoms with E-state index in [1.807, 2.05) is 24.3 Å². The van der Waals surface area contributed by atoms with Crippen molar-refractivity contribution >= 4 is 11.6 Å². The van der Waals surface area contributed by atoms with Gasteiger partial charge in [0.15, 0.2) is 0 Å². The van der Waals surface area contributed by atoms with Gasteiger partial charge in [0.1, 0.15) is 24.7 Å². The van der Waals surface area contributed by atoms with E-state index in [2.05, 4.69) is 19.1 Å². The first-order valence-electron chi connectivity index (χ1n) is 7.06. The number of ether oxygens (including phenoxy) is 2. The van der Waals surface area contributed by atoms with E-state index in [0.29, 0.717) is 24.8 Å². The lowest BCUT2D eigenvalue weighted by atomic mass is 10.2. The summed E-state index contributed by atoms with van der Waals surface area (Å²) in [5, 5.41) is 0.662. The molecule has 3 nitrogen and oxygen atoms in total. The van der Waals surface area contributed by atoms with E-state index in [1.165, 1.54) is 5.56 Å².